The van der Waals surface area contributed by atoms with Crippen LogP contribution in [-0.2, 0) is 9.59 Å². The Bertz CT molecular complexity index is 723. The predicted molar refractivity (Wildman–Crippen MR) is 90.1 cm³/mol. The summed E-state index contributed by atoms with van der Waals surface area (Å²) in [6.07, 6.45) is 0. The van der Waals surface area contributed by atoms with E-state index in [0.29, 0.717) is 9.77 Å². The molecule has 0 saturated carbocycles. The van der Waals surface area contributed by atoms with Crippen LogP contribution in [0.4, 0.5) is 4.39 Å². The molecule has 3 amide bonds. The molecule has 0 aliphatic heterocycles. The standard InChI is InChI=1S/C15H14FN3O3S2/c16-10-4-1-2-5-11(10)24-9-14(21)19-18-13(20)8-17-15(22)12-6-3-7-23-12/h1-7H,8-9H2,(H,17,22)(H,18,20)(H,19,21). The van der Waals surface area contributed by atoms with Gasteiger partial charge >= 0.3 is 0 Å². The lowest BCUT2D eigenvalue weighted by Gasteiger charge is -2.08. The van der Waals surface area contributed by atoms with Crippen LogP contribution in [0.25, 0.3) is 0 Å². The normalized spacial score (nSPS) is 10.0. The van der Waals surface area contributed by atoms with Gasteiger partial charge in [-0.3, -0.25) is 25.2 Å². The van der Waals surface area contributed by atoms with Crippen LogP contribution in [0.1, 0.15) is 9.67 Å². The summed E-state index contributed by atoms with van der Waals surface area (Å²) in [5.74, 6) is -1.87. The number of hydrogen-bond donors (Lipinski definition) is 3. The second-order valence-corrected chi connectivity index (χ2v) is 6.44. The van der Waals surface area contributed by atoms with Crippen LogP contribution in [0.3, 0.4) is 0 Å². The number of hydrogen-bond acceptors (Lipinski definition) is 5. The van der Waals surface area contributed by atoms with E-state index in [-0.39, 0.29) is 18.2 Å². The molecule has 0 aliphatic rings. The van der Waals surface area contributed by atoms with Gasteiger partial charge in [-0.25, -0.2) is 4.39 Å². The van der Waals surface area contributed by atoms with Crippen molar-refractivity contribution in [3.05, 3.63) is 52.5 Å². The second kappa shape index (κ2) is 9.04. The zero-order valence-electron chi connectivity index (χ0n) is 12.4. The number of rotatable bonds is 6. The SMILES string of the molecule is O=C(CNC(=O)c1cccs1)NNC(=O)CSc1ccccc1F. The minimum Gasteiger partial charge on any atom is -0.342 e. The molecule has 0 aliphatic carbocycles. The molecule has 24 heavy (non-hydrogen) atoms. The first-order chi connectivity index (χ1) is 11.6. The van der Waals surface area contributed by atoms with Crippen molar-refractivity contribution in [3.63, 3.8) is 0 Å². The monoisotopic (exact) mass is 367 g/mol. The lowest BCUT2D eigenvalue weighted by atomic mass is 10.3. The highest BCUT2D eigenvalue weighted by Gasteiger charge is 2.10. The Morgan fingerprint density at radius 1 is 1.04 bits per heavy atom. The highest BCUT2D eigenvalue weighted by atomic mass is 32.2. The Kier molecular flexibility index (Phi) is 6.76. The van der Waals surface area contributed by atoms with Gasteiger partial charge in [0, 0.05) is 4.90 Å². The molecule has 1 heterocycles. The molecule has 2 aromatic rings. The van der Waals surface area contributed by atoms with E-state index in [1.54, 1.807) is 35.7 Å². The van der Waals surface area contributed by atoms with Gasteiger partial charge in [-0.1, -0.05) is 18.2 Å². The van der Waals surface area contributed by atoms with Gasteiger partial charge in [0.25, 0.3) is 11.8 Å². The van der Waals surface area contributed by atoms with Crippen LogP contribution in [0.15, 0.2) is 46.7 Å². The molecule has 0 radical (unpaired) electrons. The van der Waals surface area contributed by atoms with Crippen molar-refractivity contribution < 1.29 is 18.8 Å². The third kappa shape index (κ3) is 5.67. The molecule has 0 atom stereocenters. The van der Waals surface area contributed by atoms with E-state index in [9.17, 15) is 18.8 Å². The number of nitrogens with one attached hydrogen (secondary N) is 3. The van der Waals surface area contributed by atoms with Gasteiger partial charge in [-0.05, 0) is 23.6 Å². The minimum absolute atomic E-state index is 0.0528. The summed E-state index contributed by atoms with van der Waals surface area (Å²) in [6.45, 7) is -0.266. The van der Waals surface area contributed by atoms with Gasteiger partial charge in [0.05, 0.1) is 17.2 Å². The maximum Gasteiger partial charge on any atom is 0.261 e. The Hall–Kier alpha value is -2.39. The van der Waals surface area contributed by atoms with Crippen LogP contribution >= 0.6 is 23.1 Å². The van der Waals surface area contributed by atoms with Crippen molar-refractivity contribution in [2.75, 3.05) is 12.3 Å². The molecule has 0 bridgehead atoms. The highest BCUT2D eigenvalue weighted by molar-refractivity contribution is 8.00. The van der Waals surface area contributed by atoms with Crippen molar-refractivity contribution in [2.24, 2.45) is 0 Å². The quantitative estimate of drug-likeness (QED) is 0.534. The maximum atomic E-state index is 13.4. The van der Waals surface area contributed by atoms with E-state index in [1.807, 2.05) is 0 Å². The number of hydrazine groups is 1. The molecule has 0 fully saturated rings. The van der Waals surface area contributed by atoms with Gasteiger partial charge in [0.15, 0.2) is 0 Å². The largest absolute Gasteiger partial charge is 0.342 e. The van der Waals surface area contributed by atoms with Crippen LogP contribution in [0.5, 0.6) is 0 Å². The number of benzene rings is 1. The Morgan fingerprint density at radius 2 is 1.79 bits per heavy atom. The minimum atomic E-state index is -0.566. The topological polar surface area (TPSA) is 87.3 Å². The highest BCUT2D eigenvalue weighted by Crippen LogP contribution is 2.20. The summed E-state index contributed by atoms with van der Waals surface area (Å²) in [5, 5.41) is 4.18. The first-order valence-corrected chi connectivity index (χ1v) is 8.69. The average molecular weight is 367 g/mol. The predicted octanol–water partition coefficient (Wildman–Crippen LogP) is 1.56. The van der Waals surface area contributed by atoms with Gasteiger partial charge in [0.2, 0.25) is 5.91 Å². The van der Waals surface area contributed by atoms with Crippen molar-refractivity contribution in [2.45, 2.75) is 4.90 Å². The molecule has 0 spiro atoms. The fourth-order valence-electron chi connectivity index (χ4n) is 1.58. The summed E-state index contributed by atoms with van der Waals surface area (Å²) >= 11 is 2.28. The number of amides is 3. The number of carbonyl (C=O) groups excluding carboxylic acids is 3. The number of halogens is 1. The zero-order chi connectivity index (χ0) is 17.4. The van der Waals surface area contributed by atoms with E-state index in [4.69, 9.17) is 0 Å². The van der Waals surface area contributed by atoms with Crippen LogP contribution in [-0.4, -0.2) is 30.0 Å². The fraction of sp³-hybridized carbons (Fsp3) is 0.133. The van der Waals surface area contributed by atoms with E-state index >= 15 is 0 Å². The zero-order valence-corrected chi connectivity index (χ0v) is 14.0. The van der Waals surface area contributed by atoms with Crippen molar-refractivity contribution in [1.29, 1.82) is 0 Å². The van der Waals surface area contributed by atoms with Crippen LogP contribution in [0.2, 0.25) is 0 Å². The summed E-state index contributed by atoms with van der Waals surface area (Å²) in [4.78, 5) is 35.6. The Balaban J connectivity index is 1.65. The first kappa shape index (κ1) is 18.0. The summed E-state index contributed by atoms with van der Waals surface area (Å²) in [6, 6.07) is 9.46. The maximum absolute atomic E-state index is 13.4. The molecular formula is C15H14FN3O3S2. The molecule has 0 unspecified atom stereocenters. The average Bonchev–Trinajstić information content (AvgIpc) is 3.11. The van der Waals surface area contributed by atoms with E-state index in [1.165, 1.54) is 17.4 Å². The van der Waals surface area contributed by atoms with E-state index < -0.39 is 17.6 Å². The Labute approximate surface area is 145 Å². The van der Waals surface area contributed by atoms with Crippen molar-refractivity contribution >= 4 is 40.8 Å². The molecule has 0 saturated heterocycles. The molecule has 1 aromatic carbocycles. The smallest absolute Gasteiger partial charge is 0.261 e. The van der Waals surface area contributed by atoms with Crippen molar-refractivity contribution in [1.82, 2.24) is 16.2 Å². The number of carbonyl (C=O) groups is 3. The summed E-state index contributed by atoms with van der Waals surface area (Å²) in [7, 11) is 0. The number of thiophene rings is 1. The van der Waals surface area contributed by atoms with E-state index in [2.05, 4.69) is 16.2 Å². The number of thioether (sulfide) groups is 1. The molecular weight excluding hydrogens is 353 g/mol. The lowest BCUT2D eigenvalue weighted by molar-refractivity contribution is -0.127. The second-order valence-electron chi connectivity index (χ2n) is 4.48. The van der Waals surface area contributed by atoms with Gasteiger partial charge in [0.1, 0.15) is 5.82 Å². The fourth-order valence-corrected chi connectivity index (χ4v) is 2.96. The van der Waals surface area contributed by atoms with Crippen LogP contribution in [0, 0.1) is 5.82 Å². The van der Waals surface area contributed by atoms with Gasteiger partial charge in [-0.2, -0.15) is 0 Å². The van der Waals surface area contributed by atoms with Gasteiger partial charge < -0.3 is 5.32 Å². The molecule has 3 N–H and O–H groups in total. The third-order valence-electron chi connectivity index (χ3n) is 2.69. The van der Waals surface area contributed by atoms with E-state index in [0.717, 1.165) is 11.8 Å². The lowest BCUT2D eigenvalue weighted by Crippen LogP contribution is -2.46. The summed E-state index contributed by atoms with van der Waals surface area (Å²) < 4.78 is 13.4. The molecule has 6 nitrogen and oxygen atoms in total. The third-order valence-corrected chi connectivity index (χ3v) is 4.61. The molecule has 2 rings (SSSR count). The molecule has 9 heteroatoms. The van der Waals surface area contributed by atoms with Crippen LogP contribution < -0.4 is 16.2 Å². The first-order valence-electron chi connectivity index (χ1n) is 6.83. The van der Waals surface area contributed by atoms with Gasteiger partial charge in [-0.15, -0.1) is 23.1 Å². The van der Waals surface area contributed by atoms with Crippen molar-refractivity contribution in [3.8, 4) is 0 Å². The molecule has 126 valence electrons. The summed E-state index contributed by atoms with van der Waals surface area (Å²) in [5.41, 5.74) is 4.38. The molecule has 1 aromatic heterocycles. The Morgan fingerprint density at radius 3 is 2.50 bits per heavy atom.